The standard InChI is InChI=1S/C15H10ClN3S/c1-19-13-5-3-2-4-10(13)11(18-19)6-7-12-15(16)14(20)8-9-17-12/h2-5,8-9H,1H3,(H,17,20). The van der Waals surface area contributed by atoms with Crippen LogP contribution in [-0.4, -0.2) is 14.8 Å². The molecule has 3 aromatic rings. The molecule has 2 aromatic heterocycles. The van der Waals surface area contributed by atoms with E-state index in [0.717, 1.165) is 16.6 Å². The third-order valence-electron chi connectivity index (χ3n) is 2.96. The second-order valence-corrected chi connectivity index (χ2v) is 5.09. The molecule has 0 aliphatic carbocycles. The van der Waals surface area contributed by atoms with Crippen molar-refractivity contribution in [1.82, 2.24) is 14.8 Å². The number of halogens is 1. The van der Waals surface area contributed by atoms with Crippen LogP contribution in [-0.2, 0) is 7.05 Å². The van der Waals surface area contributed by atoms with Gasteiger partial charge in [0.2, 0.25) is 0 Å². The molecule has 0 fully saturated rings. The van der Waals surface area contributed by atoms with Crippen LogP contribution in [0, 0.1) is 16.4 Å². The van der Waals surface area contributed by atoms with Crippen molar-refractivity contribution in [3.05, 3.63) is 57.4 Å². The van der Waals surface area contributed by atoms with Crippen molar-refractivity contribution in [3.8, 4) is 11.8 Å². The molecule has 0 saturated carbocycles. The Labute approximate surface area is 126 Å². The largest absolute Gasteiger partial charge is 0.354 e. The molecule has 3 nitrogen and oxygen atoms in total. The van der Waals surface area contributed by atoms with E-state index in [9.17, 15) is 0 Å². The van der Waals surface area contributed by atoms with Crippen molar-refractivity contribution >= 4 is 34.7 Å². The van der Waals surface area contributed by atoms with Crippen LogP contribution in [0.4, 0.5) is 0 Å². The molecule has 3 rings (SSSR count). The van der Waals surface area contributed by atoms with E-state index in [0.29, 0.717) is 15.2 Å². The first-order chi connectivity index (χ1) is 9.66. The van der Waals surface area contributed by atoms with Crippen molar-refractivity contribution in [2.75, 3.05) is 0 Å². The number of aryl methyl sites for hydroxylation is 1. The minimum atomic E-state index is 0.468. The average Bonchev–Trinajstić information content (AvgIpc) is 2.78. The minimum absolute atomic E-state index is 0.468. The van der Waals surface area contributed by atoms with Crippen LogP contribution >= 0.6 is 23.8 Å². The molecule has 0 aliphatic rings. The van der Waals surface area contributed by atoms with Gasteiger partial charge in [-0.3, -0.25) is 4.68 Å². The number of rotatable bonds is 0. The number of aromatic amines is 1. The third kappa shape index (κ3) is 2.22. The number of pyridine rings is 1. The summed E-state index contributed by atoms with van der Waals surface area (Å²) < 4.78 is 2.40. The number of H-pyrrole nitrogens is 1. The van der Waals surface area contributed by atoms with Gasteiger partial charge in [0.05, 0.1) is 15.0 Å². The van der Waals surface area contributed by atoms with Gasteiger partial charge in [0.1, 0.15) is 11.4 Å². The molecule has 0 unspecified atom stereocenters. The SMILES string of the molecule is Cn1nc(C#Cc2[nH]ccc(=S)c2Cl)c2ccccc21. The van der Waals surface area contributed by atoms with Crippen LogP contribution in [0.3, 0.4) is 0 Å². The zero-order valence-electron chi connectivity index (χ0n) is 10.6. The Hall–Kier alpha value is -2.09. The van der Waals surface area contributed by atoms with Gasteiger partial charge in [-0.25, -0.2) is 0 Å². The van der Waals surface area contributed by atoms with Gasteiger partial charge in [-0.15, -0.1) is 0 Å². The molecule has 0 spiro atoms. The number of benzene rings is 1. The lowest BCUT2D eigenvalue weighted by Gasteiger charge is -1.94. The molecule has 5 heteroatoms. The van der Waals surface area contributed by atoms with Gasteiger partial charge in [0.15, 0.2) is 0 Å². The maximum atomic E-state index is 6.12. The Bertz CT molecular complexity index is 912. The molecule has 0 atom stereocenters. The van der Waals surface area contributed by atoms with Crippen LogP contribution < -0.4 is 0 Å². The van der Waals surface area contributed by atoms with E-state index < -0.39 is 0 Å². The second-order valence-electron chi connectivity index (χ2n) is 4.27. The highest BCUT2D eigenvalue weighted by Gasteiger charge is 2.05. The number of nitrogens with one attached hydrogen (secondary N) is 1. The predicted octanol–water partition coefficient (Wildman–Crippen LogP) is 3.68. The highest BCUT2D eigenvalue weighted by Crippen LogP contribution is 2.17. The van der Waals surface area contributed by atoms with Crippen LogP contribution in [0.2, 0.25) is 5.02 Å². The van der Waals surface area contributed by atoms with E-state index in [2.05, 4.69) is 21.9 Å². The summed E-state index contributed by atoms with van der Waals surface area (Å²) in [4.78, 5) is 3.00. The predicted molar refractivity (Wildman–Crippen MR) is 83.3 cm³/mol. The normalized spacial score (nSPS) is 10.3. The number of fused-ring (bicyclic) bond motifs is 1. The zero-order valence-corrected chi connectivity index (χ0v) is 12.2. The van der Waals surface area contributed by atoms with E-state index in [1.165, 1.54) is 0 Å². The first kappa shape index (κ1) is 12.9. The van der Waals surface area contributed by atoms with Crippen molar-refractivity contribution in [1.29, 1.82) is 0 Å². The lowest BCUT2D eigenvalue weighted by Crippen LogP contribution is -1.89. The van der Waals surface area contributed by atoms with Crippen LogP contribution in [0.15, 0.2) is 36.5 Å². The lowest BCUT2D eigenvalue weighted by atomic mass is 10.2. The number of nitrogens with zero attached hydrogens (tertiary/aromatic N) is 2. The fourth-order valence-electron chi connectivity index (χ4n) is 1.98. The number of hydrogen-bond donors (Lipinski definition) is 1. The number of para-hydroxylation sites is 1. The molecule has 1 aromatic carbocycles. The summed E-state index contributed by atoms with van der Waals surface area (Å²) in [5.41, 5.74) is 2.38. The van der Waals surface area contributed by atoms with Crippen molar-refractivity contribution in [3.63, 3.8) is 0 Å². The third-order valence-corrected chi connectivity index (χ3v) is 3.81. The van der Waals surface area contributed by atoms with Gasteiger partial charge in [0.25, 0.3) is 0 Å². The number of hydrogen-bond acceptors (Lipinski definition) is 2. The smallest absolute Gasteiger partial charge is 0.143 e. The molecule has 0 aliphatic heterocycles. The summed E-state index contributed by atoms with van der Waals surface area (Å²) >= 11 is 11.2. The maximum absolute atomic E-state index is 6.12. The quantitative estimate of drug-likeness (QED) is 0.507. The molecule has 0 bridgehead atoms. The second kappa shape index (κ2) is 5.12. The van der Waals surface area contributed by atoms with Gasteiger partial charge in [0, 0.05) is 18.6 Å². The molecule has 1 N–H and O–H groups in total. The van der Waals surface area contributed by atoms with E-state index in [1.54, 1.807) is 12.3 Å². The van der Waals surface area contributed by atoms with Crippen molar-refractivity contribution in [2.45, 2.75) is 0 Å². The summed E-state index contributed by atoms with van der Waals surface area (Å²) in [5.74, 6) is 6.04. The van der Waals surface area contributed by atoms with E-state index >= 15 is 0 Å². The van der Waals surface area contributed by atoms with E-state index in [-0.39, 0.29) is 0 Å². The van der Waals surface area contributed by atoms with Crippen molar-refractivity contribution in [2.24, 2.45) is 7.05 Å². The van der Waals surface area contributed by atoms with Crippen molar-refractivity contribution < 1.29 is 0 Å². The van der Waals surface area contributed by atoms with Gasteiger partial charge in [-0.1, -0.05) is 36.0 Å². The molecule has 0 saturated heterocycles. The molecular weight excluding hydrogens is 290 g/mol. The molecular formula is C15H10ClN3S. The Balaban J connectivity index is 2.13. The van der Waals surface area contributed by atoms with Gasteiger partial charge >= 0.3 is 0 Å². The fraction of sp³-hybridized carbons (Fsp3) is 0.0667. The monoisotopic (exact) mass is 299 g/mol. The zero-order chi connectivity index (χ0) is 14.1. The Morgan fingerprint density at radius 3 is 2.90 bits per heavy atom. The first-order valence-electron chi connectivity index (χ1n) is 5.98. The molecule has 2 heterocycles. The Morgan fingerprint density at radius 1 is 1.25 bits per heavy atom. The average molecular weight is 300 g/mol. The first-order valence-corrected chi connectivity index (χ1v) is 6.76. The Kier molecular flexibility index (Phi) is 3.31. The Morgan fingerprint density at radius 2 is 2.05 bits per heavy atom. The fourth-order valence-corrected chi connectivity index (χ4v) is 2.31. The highest BCUT2D eigenvalue weighted by atomic mass is 35.5. The van der Waals surface area contributed by atoms with Crippen LogP contribution in [0.1, 0.15) is 11.4 Å². The topological polar surface area (TPSA) is 33.6 Å². The van der Waals surface area contributed by atoms with Gasteiger partial charge in [-0.2, -0.15) is 5.10 Å². The van der Waals surface area contributed by atoms with Gasteiger partial charge in [-0.05, 0) is 30.0 Å². The molecule has 98 valence electrons. The summed E-state index contributed by atoms with van der Waals surface area (Å²) in [6, 6.07) is 9.70. The van der Waals surface area contributed by atoms with Crippen LogP contribution in [0.5, 0.6) is 0 Å². The number of aromatic nitrogens is 3. The molecule has 20 heavy (non-hydrogen) atoms. The molecule has 0 amide bonds. The van der Waals surface area contributed by atoms with E-state index in [1.807, 2.05) is 36.0 Å². The minimum Gasteiger partial charge on any atom is -0.354 e. The molecule has 0 radical (unpaired) electrons. The lowest BCUT2D eigenvalue weighted by molar-refractivity contribution is 0.792. The van der Waals surface area contributed by atoms with Gasteiger partial charge < -0.3 is 4.98 Å². The highest BCUT2D eigenvalue weighted by molar-refractivity contribution is 7.71. The summed E-state index contributed by atoms with van der Waals surface area (Å²) in [7, 11) is 1.90. The maximum Gasteiger partial charge on any atom is 0.143 e. The summed E-state index contributed by atoms with van der Waals surface area (Å²) in [5, 5.41) is 5.91. The van der Waals surface area contributed by atoms with Crippen LogP contribution in [0.25, 0.3) is 10.9 Å². The van der Waals surface area contributed by atoms with E-state index in [4.69, 9.17) is 23.8 Å². The summed E-state index contributed by atoms with van der Waals surface area (Å²) in [6.07, 6.45) is 1.73. The summed E-state index contributed by atoms with van der Waals surface area (Å²) in [6.45, 7) is 0.